The maximum absolute atomic E-state index is 11.6. The Labute approximate surface area is 96.9 Å². The molecule has 0 saturated carbocycles. The summed E-state index contributed by atoms with van der Waals surface area (Å²) in [7, 11) is 0. The normalized spacial score (nSPS) is 22.1. The Balaban J connectivity index is 2.37. The summed E-state index contributed by atoms with van der Waals surface area (Å²) in [5.41, 5.74) is -0.474. The van der Waals surface area contributed by atoms with Gasteiger partial charge in [-0.05, 0) is 40.0 Å². The Morgan fingerprint density at radius 2 is 2.00 bits per heavy atom. The first-order valence-electron chi connectivity index (χ1n) is 5.76. The van der Waals surface area contributed by atoms with Gasteiger partial charge in [-0.25, -0.2) is 4.79 Å². The van der Waals surface area contributed by atoms with Crippen LogP contribution in [0.2, 0.25) is 0 Å². The number of carbonyl (C=O) groups is 2. The van der Waals surface area contributed by atoms with Crippen LogP contribution in [0.5, 0.6) is 0 Å². The van der Waals surface area contributed by atoms with Crippen molar-refractivity contribution in [2.45, 2.75) is 40.5 Å². The van der Waals surface area contributed by atoms with Crippen molar-refractivity contribution in [3.8, 4) is 0 Å². The molecule has 0 aromatic carbocycles. The standard InChI is InChI=1S/C12H21NO3/c1-9(14)7-10-5-6-13(8-10)16-11(15)12(2,3)4/h10H,5-8H2,1-4H3. The van der Waals surface area contributed by atoms with Crippen molar-refractivity contribution in [2.75, 3.05) is 13.1 Å². The van der Waals surface area contributed by atoms with E-state index in [-0.39, 0.29) is 11.8 Å². The van der Waals surface area contributed by atoms with Crippen molar-refractivity contribution < 1.29 is 14.4 Å². The molecule has 0 amide bonds. The molecule has 1 rings (SSSR count). The minimum Gasteiger partial charge on any atom is -0.367 e. The van der Waals surface area contributed by atoms with Crippen LogP contribution in [0.3, 0.4) is 0 Å². The summed E-state index contributed by atoms with van der Waals surface area (Å²) in [6, 6.07) is 0. The van der Waals surface area contributed by atoms with Crippen molar-refractivity contribution in [3.63, 3.8) is 0 Å². The van der Waals surface area contributed by atoms with Gasteiger partial charge in [-0.15, -0.1) is 5.06 Å². The molecule has 4 nitrogen and oxygen atoms in total. The second-order valence-corrected chi connectivity index (χ2v) is 5.58. The molecule has 0 aromatic rings. The van der Waals surface area contributed by atoms with E-state index in [1.807, 2.05) is 20.8 Å². The summed E-state index contributed by atoms with van der Waals surface area (Å²) in [6.07, 6.45) is 1.51. The molecule has 0 aromatic heterocycles. The summed E-state index contributed by atoms with van der Waals surface area (Å²) < 4.78 is 0. The summed E-state index contributed by atoms with van der Waals surface area (Å²) in [6.45, 7) is 8.51. The van der Waals surface area contributed by atoms with E-state index in [4.69, 9.17) is 4.84 Å². The van der Waals surface area contributed by atoms with Crippen molar-refractivity contribution >= 4 is 11.8 Å². The highest BCUT2D eigenvalue weighted by atomic mass is 16.7. The van der Waals surface area contributed by atoms with Gasteiger partial charge in [0.25, 0.3) is 0 Å². The van der Waals surface area contributed by atoms with Crippen molar-refractivity contribution in [3.05, 3.63) is 0 Å². The molecular formula is C12H21NO3. The number of hydrogen-bond acceptors (Lipinski definition) is 4. The summed E-state index contributed by atoms with van der Waals surface area (Å²) >= 11 is 0. The fourth-order valence-corrected chi connectivity index (χ4v) is 1.71. The van der Waals surface area contributed by atoms with Crippen molar-refractivity contribution in [1.29, 1.82) is 0 Å². The van der Waals surface area contributed by atoms with Gasteiger partial charge in [0.15, 0.2) is 0 Å². The highest BCUT2D eigenvalue weighted by Gasteiger charge is 2.30. The fourth-order valence-electron chi connectivity index (χ4n) is 1.71. The molecule has 0 aliphatic carbocycles. The molecule has 1 aliphatic rings. The van der Waals surface area contributed by atoms with Gasteiger partial charge in [0.1, 0.15) is 5.78 Å². The number of nitrogens with zero attached hydrogens (tertiary/aromatic N) is 1. The third-order valence-corrected chi connectivity index (χ3v) is 2.65. The maximum atomic E-state index is 11.6. The zero-order valence-corrected chi connectivity index (χ0v) is 10.6. The predicted octanol–water partition coefficient (Wildman–Crippen LogP) is 1.79. The Kier molecular flexibility index (Phi) is 4.08. The van der Waals surface area contributed by atoms with Crippen LogP contribution in [0.1, 0.15) is 40.5 Å². The quantitative estimate of drug-likeness (QED) is 0.737. The molecule has 1 atom stereocenters. The van der Waals surface area contributed by atoms with E-state index in [0.29, 0.717) is 18.9 Å². The molecule has 1 aliphatic heterocycles. The van der Waals surface area contributed by atoms with Gasteiger partial charge in [0.2, 0.25) is 0 Å². The molecule has 1 saturated heterocycles. The van der Waals surface area contributed by atoms with Crippen molar-refractivity contribution in [2.24, 2.45) is 11.3 Å². The first kappa shape index (κ1) is 13.2. The Bertz CT molecular complexity index is 280. The molecule has 92 valence electrons. The molecule has 0 spiro atoms. The molecule has 1 unspecified atom stereocenters. The highest BCUT2D eigenvalue weighted by Crippen LogP contribution is 2.23. The van der Waals surface area contributed by atoms with Crippen LogP contribution in [0.15, 0.2) is 0 Å². The molecule has 0 N–H and O–H groups in total. The average molecular weight is 227 g/mol. The predicted molar refractivity (Wildman–Crippen MR) is 60.5 cm³/mol. The lowest BCUT2D eigenvalue weighted by molar-refractivity contribution is -0.195. The van der Waals surface area contributed by atoms with Crippen LogP contribution in [0.25, 0.3) is 0 Å². The molecule has 1 heterocycles. The molecule has 0 radical (unpaired) electrons. The summed E-state index contributed by atoms with van der Waals surface area (Å²) in [5, 5.41) is 1.68. The third kappa shape index (κ3) is 3.93. The Morgan fingerprint density at radius 3 is 2.50 bits per heavy atom. The zero-order valence-electron chi connectivity index (χ0n) is 10.6. The third-order valence-electron chi connectivity index (χ3n) is 2.65. The van der Waals surface area contributed by atoms with Gasteiger partial charge in [0.05, 0.1) is 5.41 Å². The first-order chi connectivity index (χ1) is 7.29. The lowest BCUT2D eigenvalue weighted by atomic mass is 9.98. The van der Waals surface area contributed by atoms with E-state index in [0.717, 1.165) is 13.0 Å². The molecule has 1 fully saturated rings. The lowest BCUT2D eigenvalue weighted by Crippen LogP contribution is -2.32. The number of hydrogen-bond donors (Lipinski definition) is 0. The van der Waals surface area contributed by atoms with Crippen LogP contribution in [-0.4, -0.2) is 29.9 Å². The molecule has 16 heavy (non-hydrogen) atoms. The van der Waals surface area contributed by atoms with E-state index in [9.17, 15) is 9.59 Å². The molecule has 0 bridgehead atoms. The maximum Gasteiger partial charge on any atom is 0.330 e. The largest absolute Gasteiger partial charge is 0.367 e. The number of rotatable bonds is 3. The average Bonchev–Trinajstić information content (AvgIpc) is 2.49. The number of Topliss-reactive ketones (excluding diaryl/α,β-unsaturated/α-hetero) is 1. The monoisotopic (exact) mass is 227 g/mol. The van der Waals surface area contributed by atoms with Gasteiger partial charge in [-0.3, -0.25) is 0 Å². The Hall–Kier alpha value is -0.900. The minimum absolute atomic E-state index is 0.203. The summed E-state index contributed by atoms with van der Waals surface area (Å²) in [4.78, 5) is 27.9. The zero-order chi connectivity index (χ0) is 12.3. The van der Waals surface area contributed by atoms with Gasteiger partial charge >= 0.3 is 5.97 Å². The van der Waals surface area contributed by atoms with Crippen LogP contribution >= 0.6 is 0 Å². The van der Waals surface area contributed by atoms with Crippen LogP contribution in [0.4, 0.5) is 0 Å². The number of hydroxylamine groups is 2. The first-order valence-corrected chi connectivity index (χ1v) is 5.76. The van der Waals surface area contributed by atoms with Gasteiger partial charge in [0, 0.05) is 19.5 Å². The number of carbonyl (C=O) groups excluding carboxylic acids is 2. The summed E-state index contributed by atoms with van der Waals surface area (Å²) in [5.74, 6) is 0.329. The second kappa shape index (κ2) is 4.95. The minimum atomic E-state index is -0.474. The fraction of sp³-hybridized carbons (Fsp3) is 0.833. The van der Waals surface area contributed by atoms with E-state index >= 15 is 0 Å². The highest BCUT2D eigenvalue weighted by molar-refractivity contribution is 5.76. The topological polar surface area (TPSA) is 46.6 Å². The van der Waals surface area contributed by atoms with Crippen LogP contribution in [0, 0.1) is 11.3 Å². The van der Waals surface area contributed by atoms with Gasteiger partial charge in [-0.2, -0.15) is 0 Å². The smallest absolute Gasteiger partial charge is 0.330 e. The lowest BCUT2D eigenvalue weighted by Gasteiger charge is -2.21. The number of ketones is 1. The van der Waals surface area contributed by atoms with E-state index in [1.165, 1.54) is 0 Å². The van der Waals surface area contributed by atoms with Crippen molar-refractivity contribution in [1.82, 2.24) is 5.06 Å². The second-order valence-electron chi connectivity index (χ2n) is 5.58. The van der Waals surface area contributed by atoms with E-state index in [1.54, 1.807) is 12.0 Å². The van der Waals surface area contributed by atoms with Crippen LogP contribution in [-0.2, 0) is 14.4 Å². The van der Waals surface area contributed by atoms with Gasteiger partial charge < -0.3 is 9.63 Å². The Morgan fingerprint density at radius 1 is 1.38 bits per heavy atom. The van der Waals surface area contributed by atoms with Crippen LogP contribution < -0.4 is 0 Å². The van der Waals surface area contributed by atoms with E-state index in [2.05, 4.69) is 0 Å². The molecular weight excluding hydrogens is 206 g/mol. The molecule has 4 heteroatoms. The van der Waals surface area contributed by atoms with E-state index < -0.39 is 5.41 Å². The SMILES string of the molecule is CC(=O)CC1CCN(OC(=O)C(C)(C)C)C1. The van der Waals surface area contributed by atoms with Gasteiger partial charge in [-0.1, -0.05) is 0 Å².